The number of halogens is 1. The van der Waals surface area contributed by atoms with Crippen LogP contribution in [-0.4, -0.2) is 40.1 Å². The molecule has 0 unspecified atom stereocenters. The first kappa shape index (κ1) is 19.1. The Morgan fingerprint density at radius 2 is 1.95 bits per heavy atom. The quantitative estimate of drug-likeness (QED) is 0.625. The van der Waals surface area contributed by atoms with Crippen LogP contribution in [0.4, 0.5) is 0 Å². The van der Waals surface area contributed by atoms with Crippen LogP contribution < -0.4 is 10.0 Å². The SMILES string of the molecule is CCOCCCNC(=O)[C@H](C)NS(=O)(=O)c1ccc(Br)cc1. The average molecular weight is 393 g/mol. The van der Waals surface area contributed by atoms with E-state index in [0.717, 1.165) is 4.47 Å². The number of rotatable bonds is 9. The summed E-state index contributed by atoms with van der Waals surface area (Å²) < 4.78 is 32.6. The molecule has 0 spiro atoms. The van der Waals surface area contributed by atoms with Crippen LogP contribution in [-0.2, 0) is 19.6 Å². The predicted octanol–water partition coefficient (Wildman–Crippen LogP) is 1.66. The molecule has 0 aliphatic carbocycles. The van der Waals surface area contributed by atoms with Crippen molar-refractivity contribution in [2.45, 2.75) is 31.2 Å². The maximum atomic E-state index is 12.1. The van der Waals surface area contributed by atoms with Crippen molar-refractivity contribution < 1.29 is 17.9 Å². The number of benzene rings is 1. The topological polar surface area (TPSA) is 84.5 Å². The number of ether oxygens (including phenoxy) is 1. The number of carbonyl (C=O) groups excluding carboxylic acids is 1. The lowest BCUT2D eigenvalue weighted by Gasteiger charge is -2.14. The Labute approximate surface area is 139 Å². The maximum Gasteiger partial charge on any atom is 0.241 e. The van der Waals surface area contributed by atoms with Crippen molar-refractivity contribution in [3.05, 3.63) is 28.7 Å². The number of sulfonamides is 1. The van der Waals surface area contributed by atoms with Crippen molar-refractivity contribution in [2.75, 3.05) is 19.8 Å². The molecule has 0 fully saturated rings. The first-order chi connectivity index (χ1) is 10.4. The molecule has 1 amide bonds. The second-order valence-electron chi connectivity index (χ2n) is 4.64. The van der Waals surface area contributed by atoms with Crippen molar-refractivity contribution >= 4 is 31.9 Å². The van der Waals surface area contributed by atoms with Gasteiger partial charge in [0.2, 0.25) is 15.9 Å². The van der Waals surface area contributed by atoms with Gasteiger partial charge < -0.3 is 10.1 Å². The first-order valence-electron chi connectivity index (χ1n) is 7.00. The number of hydrogen-bond donors (Lipinski definition) is 2. The second kappa shape index (κ2) is 9.24. The third-order valence-electron chi connectivity index (χ3n) is 2.82. The summed E-state index contributed by atoms with van der Waals surface area (Å²) in [5.74, 6) is -0.364. The standard InChI is InChI=1S/C14H21BrN2O4S/c1-3-21-10-4-9-16-14(18)11(2)17-22(19,20)13-7-5-12(15)6-8-13/h5-8,11,17H,3-4,9-10H2,1-2H3,(H,16,18)/t11-/m0/s1. The van der Waals surface area contributed by atoms with Crippen molar-refractivity contribution in [2.24, 2.45) is 0 Å². The van der Waals surface area contributed by atoms with E-state index in [1.807, 2.05) is 6.92 Å². The molecule has 8 heteroatoms. The van der Waals surface area contributed by atoms with Crippen LogP contribution in [0.1, 0.15) is 20.3 Å². The molecule has 1 aromatic carbocycles. The highest BCUT2D eigenvalue weighted by atomic mass is 79.9. The summed E-state index contributed by atoms with van der Waals surface area (Å²) in [6.07, 6.45) is 0.686. The van der Waals surface area contributed by atoms with Crippen LogP contribution in [0.5, 0.6) is 0 Å². The van der Waals surface area contributed by atoms with Gasteiger partial charge in [-0.2, -0.15) is 4.72 Å². The van der Waals surface area contributed by atoms with Gasteiger partial charge in [-0.25, -0.2) is 8.42 Å². The normalized spacial score (nSPS) is 12.9. The second-order valence-corrected chi connectivity index (χ2v) is 7.27. The Kier molecular flexibility index (Phi) is 8.02. The van der Waals surface area contributed by atoms with E-state index in [1.165, 1.54) is 19.1 Å². The van der Waals surface area contributed by atoms with Crippen molar-refractivity contribution in [1.82, 2.24) is 10.0 Å². The van der Waals surface area contributed by atoms with Crippen LogP contribution >= 0.6 is 15.9 Å². The number of hydrogen-bond acceptors (Lipinski definition) is 4. The zero-order valence-corrected chi connectivity index (χ0v) is 15.0. The molecule has 0 bridgehead atoms. The van der Waals surface area contributed by atoms with Gasteiger partial charge in [-0.05, 0) is 44.5 Å². The van der Waals surface area contributed by atoms with E-state index in [1.54, 1.807) is 12.1 Å². The highest BCUT2D eigenvalue weighted by Gasteiger charge is 2.21. The summed E-state index contributed by atoms with van der Waals surface area (Å²) in [7, 11) is -3.72. The van der Waals surface area contributed by atoms with Gasteiger partial charge in [-0.1, -0.05) is 15.9 Å². The Hall–Kier alpha value is -0.960. The molecule has 0 saturated carbocycles. The van der Waals surface area contributed by atoms with Crippen molar-refractivity contribution in [1.29, 1.82) is 0 Å². The molecule has 1 atom stereocenters. The molecule has 1 rings (SSSR count). The summed E-state index contributed by atoms with van der Waals surface area (Å²) in [6, 6.07) is 5.36. The molecule has 0 aliphatic rings. The lowest BCUT2D eigenvalue weighted by atomic mass is 10.3. The monoisotopic (exact) mass is 392 g/mol. The van der Waals surface area contributed by atoms with E-state index in [2.05, 4.69) is 26.0 Å². The first-order valence-corrected chi connectivity index (χ1v) is 9.27. The van der Waals surface area contributed by atoms with Gasteiger partial charge in [-0.3, -0.25) is 4.79 Å². The van der Waals surface area contributed by atoms with Gasteiger partial charge in [0, 0.05) is 24.2 Å². The number of carbonyl (C=O) groups is 1. The van der Waals surface area contributed by atoms with Gasteiger partial charge in [0.25, 0.3) is 0 Å². The summed E-state index contributed by atoms with van der Waals surface area (Å²) >= 11 is 3.24. The van der Waals surface area contributed by atoms with Crippen LogP contribution in [0, 0.1) is 0 Å². The fourth-order valence-corrected chi connectivity index (χ4v) is 3.12. The Balaban J connectivity index is 2.50. The van der Waals surface area contributed by atoms with E-state index in [4.69, 9.17) is 4.74 Å². The molecule has 22 heavy (non-hydrogen) atoms. The molecule has 124 valence electrons. The van der Waals surface area contributed by atoms with Crippen LogP contribution in [0.25, 0.3) is 0 Å². The average Bonchev–Trinajstić information content (AvgIpc) is 2.46. The van der Waals surface area contributed by atoms with Gasteiger partial charge in [0.15, 0.2) is 0 Å². The van der Waals surface area contributed by atoms with Gasteiger partial charge in [0.1, 0.15) is 0 Å². The van der Waals surface area contributed by atoms with Gasteiger partial charge >= 0.3 is 0 Å². The van der Waals surface area contributed by atoms with Gasteiger partial charge in [0.05, 0.1) is 10.9 Å². The summed E-state index contributed by atoms with van der Waals surface area (Å²) in [5, 5.41) is 2.67. The highest BCUT2D eigenvalue weighted by Crippen LogP contribution is 2.14. The minimum atomic E-state index is -3.72. The van der Waals surface area contributed by atoms with Crippen molar-refractivity contribution in [3.63, 3.8) is 0 Å². The molecule has 6 nitrogen and oxygen atoms in total. The predicted molar refractivity (Wildman–Crippen MR) is 88.0 cm³/mol. The third kappa shape index (κ3) is 6.43. The molecular formula is C14H21BrN2O4S. The smallest absolute Gasteiger partial charge is 0.241 e. The van der Waals surface area contributed by atoms with Crippen molar-refractivity contribution in [3.8, 4) is 0 Å². The Morgan fingerprint density at radius 3 is 2.55 bits per heavy atom. The molecule has 0 aromatic heterocycles. The summed E-state index contributed by atoms with van der Waals surface area (Å²) in [6.45, 7) is 5.06. The lowest BCUT2D eigenvalue weighted by molar-refractivity contribution is -0.122. The summed E-state index contributed by atoms with van der Waals surface area (Å²) in [5.41, 5.74) is 0. The fourth-order valence-electron chi connectivity index (χ4n) is 1.65. The highest BCUT2D eigenvalue weighted by molar-refractivity contribution is 9.10. The zero-order chi connectivity index (χ0) is 16.6. The number of nitrogens with one attached hydrogen (secondary N) is 2. The molecular weight excluding hydrogens is 372 g/mol. The van der Waals surface area contributed by atoms with Crippen LogP contribution in [0.15, 0.2) is 33.6 Å². The minimum absolute atomic E-state index is 0.117. The molecule has 0 radical (unpaired) electrons. The number of amides is 1. The fraction of sp³-hybridized carbons (Fsp3) is 0.500. The minimum Gasteiger partial charge on any atom is -0.382 e. The van der Waals surface area contributed by atoms with E-state index >= 15 is 0 Å². The molecule has 0 saturated heterocycles. The van der Waals surface area contributed by atoms with Crippen LogP contribution in [0.3, 0.4) is 0 Å². The zero-order valence-electron chi connectivity index (χ0n) is 12.6. The molecule has 0 heterocycles. The Morgan fingerprint density at radius 1 is 1.32 bits per heavy atom. The lowest BCUT2D eigenvalue weighted by Crippen LogP contribution is -2.45. The van der Waals surface area contributed by atoms with Gasteiger partial charge in [-0.15, -0.1) is 0 Å². The van der Waals surface area contributed by atoms with E-state index in [-0.39, 0.29) is 10.8 Å². The molecule has 0 aliphatic heterocycles. The van der Waals surface area contributed by atoms with Crippen LogP contribution in [0.2, 0.25) is 0 Å². The maximum absolute atomic E-state index is 12.1. The van der Waals surface area contributed by atoms with E-state index < -0.39 is 16.1 Å². The molecule has 2 N–H and O–H groups in total. The molecule has 1 aromatic rings. The largest absolute Gasteiger partial charge is 0.382 e. The summed E-state index contributed by atoms with van der Waals surface area (Å²) in [4.78, 5) is 12.0. The Bertz CT molecular complexity index is 575. The van der Waals surface area contributed by atoms with E-state index in [0.29, 0.717) is 26.2 Å². The third-order valence-corrected chi connectivity index (χ3v) is 4.90. The van der Waals surface area contributed by atoms with E-state index in [9.17, 15) is 13.2 Å².